The van der Waals surface area contributed by atoms with E-state index in [-0.39, 0.29) is 36.8 Å². The van der Waals surface area contributed by atoms with Gasteiger partial charge in [0.15, 0.2) is 18.2 Å². The monoisotopic (exact) mass is 876 g/mol. The summed E-state index contributed by atoms with van der Waals surface area (Å²) in [5.74, 6) is -3.56. The van der Waals surface area contributed by atoms with Crippen molar-refractivity contribution in [3.8, 4) is 0 Å². The quantitative estimate of drug-likeness (QED) is 0.274. The number of ketones is 1. The van der Waals surface area contributed by atoms with Crippen molar-refractivity contribution in [3.63, 3.8) is 0 Å². The highest BCUT2D eigenvalue weighted by atomic mass is 16.7. The lowest BCUT2D eigenvalue weighted by molar-refractivity contribution is -0.314. The number of carbonyl (C=O) groups excluding carboxylic acids is 3. The summed E-state index contributed by atoms with van der Waals surface area (Å²) in [6.07, 6.45) is -5.38. The van der Waals surface area contributed by atoms with Gasteiger partial charge in [-0.2, -0.15) is 0 Å². The van der Waals surface area contributed by atoms with E-state index >= 15 is 0 Å². The number of ether oxygens (including phenoxy) is 8. The summed E-state index contributed by atoms with van der Waals surface area (Å²) >= 11 is 0. The fourth-order valence-electron chi connectivity index (χ4n) is 10.8. The molecule has 1 aromatic carbocycles. The van der Waals surface area contributed by atoms with Gasteiger partial charge in [-0.1, -0.05) is 58.0 Å². The number of nitrogens with zero attached hydrogens (tertiary/aromatic N) is 2. The number of fused-ring (bicyclic) bond motifs is 1. The Morgan fingerprint density at radius 2 is 1.52 bits per heavy atom. The van der Waals surface area contributed by atoms with Crippen molar-refractivity contribution >= 4 is 17.8 Å². The Labute approximate surface area is 370 Å². The molecule has 4 aliphatic rings. The summed E-state index contributed by atoms with van der Waals surface area (Å²) in [7, 11) is 9.32. The molecule has 18 atom stereocenters. The lowest BCUT2D eigenvalue weighted by Crippen LogP contribution is -2.64. The van der Waals surface area contributed by atoms with Gasteiger partial charge in [-0.05, 0) is 87.5 Å². The largest absolute Gasteiger partial charge is 0.458 e. The zero-order chi connectivity index (χ0) is 46.1. The zero-order valence-electron chi connectivity index (χ0n) is 39.9. The summed E-state index contributed by atoms with van der Waals surface area (Å²) in [5, 5.41) is 14.0. The van der Waals surface area contributed by atoms with Crippen LogP contribution in [0.1, 0.15) is 100 Å². The maximum Gasteiger partial charge on any atom is 0.408 e. The number of aliphatic hydroxyl groups is 1. The van der Waals surface area contributed by atoms with Gasteiger partial charge in [-0.25, -0.2) is 4.79 Å². The molecule has 0 saturated carbocycles. The Morgan fingerprint density at radius 3 is 2.11 bits per heavy atom. The van der Waals surface area contributed by atoms with Crippen LogP contribution >= 0.6 is 0 Å². The summed E-state index contributed by atoms with van der Waals surface area (Å²) in [6, 6.07) is 9.33. The van der Waals surface area contributed by atoms with E-state index in [0.29, 0.717) is 6.42 Å². The SMILES string of the molecule is CC[C@H]1OC(=O)[C@H](C)[C@@H](O[C@H]2C[C@@](C)(OC)[C@@H](O)[C@H](C)O2)[C@H](C)[C@@H](O[C@@H]2O[C@H](C)C[C@@H](N(C)Cc3ccccc3)[C@@H]2N(C)C)[C@@](C)(OC)C[C@@H](C)C(=O)[C@H](C)[C@H]2NC(=O)O[C@@]21C. The molecule has 0 bridgehead atoms. The lowest BCUT2D eigenvalue weighted by Gasteiger charge is -2.51. The van der Waals surface area contributed by atoms with E-state index in [1.807, 2.05) is 66.9 Å². The van der Waals surface area contributed by atoms with Gasteiger partial charge in [0.2, 0.25) is 0 Å². The molecule has 4 saturated heterocycles. The first-order valence-corrected chi connectivity index (χ1v) is 22.6. The van der Waals surface area contributed by atoms with Crippen molar-refractivity contribution in [2.45, 2.75) is 186 Å². The van der Waals surface area contributed by atoms with Crippen LogP contribution in [-0.4, -0.2) is 152 Å². The molecule has 1 amide bonds. The maximum absolute atomic E-state index is 14.7. The van der Waals surface area contributed by atoms with Crippen molar-refractivity contribution in [2.24, 2.45) is 23.7 Å². The Balaban J connectivity index is 1.63. The number of alkyl carbamates (subject to hydrolysis) is 1. The Kier molecular flexibility index (Phi) is 16.4. The van der Waals surface area contributed by atoms with Crippen molar-refractivity contribution in [1.82, 2.24) is 15.1 Å². The number of aliphatic hydroxyl groups excluding tert-OH is 1. The van der Waals surface area contributed by atoms with Gasteiger partial charge in [0.05, 0.1) is 53.6 Å². The average Bonchev–Trinajstić information content (AvgIpc) is 3.55. The second-order valence-electron chi connectivity index (χ2n) is 19.6. The van der Waals surface area contributed by atoms with E-state index in [0.717, 1.165) is 13.0 Å². The fraction of sp³-hybridized carbons (Fsp3) is 0.809. The molecular weight excluding hydrogens is 799 g/mol. The van der Waals surface area contributed by atoms with E-state index in [1.54, 1.807) is 41.9 Å². The number of amides is 1. The first kappa shape index (κ1) is 50.3. The summed E-state index contributed by atoms with van der Waals surface area (Å²) in [5.41, 5.74) is -2.34. The molecule has 0 unspecified atom stereocenters. The third-order valence-electron chi connectivity index (χ3n) is 14.7. The highest BCUT2D eigenvalue weighted by molar-refractivity contribution is 5.85. The molecule has 5 rings (SSSR count). The summed E-state index contributed by atoms with van der Waals surface area (Å²) in [6.45, 7) is 19.2. The normalized spacial score (nSPS) is 43.7. The lowest BCUT2D eigenvalue weighted by atomic mass is 9.73. The predicted octanol–water partition coefficient (Wildman–Crippen LogP) is 5.33. The van der Waals surface area contributed by atoms with Crippen molar-refractivity contribution in [1.29, 1.82) is 0 Å². The molecule has 1 aromatic rings. The second-order valence-corrected chi connectivity index (χ2v) is 19.6. The van der Waals surface area contributed by atoms with Gasteiger partial charge in [0.1, 0.15) is 18.0 Å². The van der Waals surface area contributed by atoms with Crippen LogP contribution in [0.2, 0.25) is 0 Å². The molecule has 0 aliphatic carbocycles. The standard InChI is InChI=1S/C47H77N3O12/c1-16-34-47(10)39(48-44(54)62-47)28(4)37(51)26(2)23-46(9,56-15)41(29(5)38(30(6)42(53)59-34)60-35-24-45(8,55-14)40(52)31(7)58-35)61-43-36(49(11)12)33(22-27(3)57-43)50(13)25-32-20-18-17-19-21-32/h17-21,26-31,33-36,38-41,43,52H,16,22-25H2,1-15H3,(H,48,54)/t26-,27-,28+,29+,30-,31+,33-,34-,35+,36+,38+,39-,40+,41-,43+,45-,46+,47-/m1/s1. The highest BCUT2D eigenvalue weighted by Crippen LogP contribution is 2.43. The molecule has 15 nitrogen and oxygen atoms in total. The van der Waals surface area contributed by atoms with E-state index in [2.05, 4.69) is 41.2 Å². The van der Waals surface area contributed by atoms with Crippen LogP contribution in [0.4, 0.5) is 4.79 Å². The van der Waals surface area contributed by atoms with Crippen LogP contribution in [0.5, 0.6) is 0 Å². The molecule has 352 valence electrons. The van der Waals surface area contributed by atoms with E-state index < -0.39 is 102 Å². The fourth-order valence-corrected chi connectivity index (χ4v) is 10.8. The predicted molar refractivity (Wildman–Crippen MR) is 232 cm³/mol. The van der Waals surface area contributed by atoms with Gasteiger partial charge in [0, 0.05) is 51.0 Å². The van der Waals surface area contributed by atoms with Crippen LogP contribution in [0.15, 0.2) is 30.3 Å². The maximum atomic E-state index is 14.7. The topological polar surface area (TPSA) is 164 Å². The van der Waals surface area contributed by atoms with Gasteiger partial charge < -0.3 is 53.2 Å². The second kappa shape index (κ2) is 20.2. The van der Waals surface area contributed by atoms with E-state index in [9.17, 15) is 19.5 Å². The minimum absolute atomic E-state index is 0.0169. The number of nitrogens with one attached hydrogen (secondary N) is 1. The molecule has 2 N–H and O–H groups in total. The van der Waals surface area contributed by atoms with Gasteiger partial charge >= 0.3 is 12.1 Å². The molecule has 62 heavy (non-hydrogen) atoms. The highest BCUT2D eigenvalue weighted by Gasteiger charge is 2.58. The van der Waals surface area contributed by atoms with Crippen molar-refractivity contribution in [3.05, 3.63) is 35.9 Å². The molecule has 4 fully saturated rings. The Hall–Kier alpha value is -2.73. The van der Waals surface area contributed by atoms with Crippen LogP contribution in [0.25, 0.3) is 0 Å². The Morgan fingerprint density at radius 1 is 0.871 bits per heavy atom. The molecule has 15 heteroatoms. The van der Waals surface area contributed by atoms with Crippen molar-refractivity contribution < 1.29 is 57.4 Å². The number of benzene rings is 1. The molecule has 0 radical (unpaired) electrons. The number of cyclic esters (lactones) is 1. The molecule has 4 heterocycles. The van der Waals surface area contributed by atoms with Crippen LogP contribution in [0.3, 0.4) is 0 Å². The average molecular weight is 876 g/mol. The smallest absolute Gasteiger partial charge is 0.408 e. The van der Waals surface area contributed by atoms with Crippen LogP contribution in [0, 0.1) is 23.7 Å². The molecule has 0 spiro atoms. The first-order valence-electron chi connectivity index (χ1n) is 22.6. The van der Waals surface area contributed by atoms with Gasteiger partial charge in [-0.3, -0.25) is 14.5 Å². The van der Waals surface area contributed by atoms with Crippen molar-refractivity contribution in [2.75, 3.05) is 35.4 Å². The number of methoxy groups -OCH3 is 2. The van der Waals surface area contributed by atoms with Crippen LogP contribution < -0.4 is 5.32 Å². The minimum Gasteiger partial charge on any atom is -0.458 e. The number of Topliss-reactive ketones (excluding diaryl/α,β-unsaturated/α-hetero) is 1. The number of hydrogen-bond donors (Lipinski definition) is 2. The molecule has 4 aliphatic heterocycles. The molecule has 0 aromatic heterocycles. The number of carbonyl (C=O) groups is 3. The summed E-state index contributed by atoms with van der Waals surface area (Å²) in [4.78, 5) is 46.8. The van der Waals surface area contributed by atoms with E-state index in [1.165, 1.54) is 5.56 Å². The number of hydrogen-bond acceptors (Lipinski definition) is 14. The third kappa shape index (κ3) is 10.4. The summed E-state index contributed by atoms with van der Waals surface area (Å²) < 4.78 is 52.1. The van der Waals surface area contributed by atoms with Crippen LogP contribution in [-0.2, 0) is 54.0 Å². The number of likely N-dealkylation sites (N-methyl/N-ethyl adjacent to an activating group) is 2. The van der Waals surface area contributed by atoms with Gasteiger partial charge in [-0.15, -0.1) is 0 Å². The Bertz CT molecular complexity index is 1670. The zero-order valence-corrected chi connectivity index (χ0v) is 39.9. The number of rotatable bonds is 11. The number of esters is 1. The third-order valence-corrected chi connectivity index (χ3v) is 14.7. The van der Waals surface area contributed by atoms with E-state index in [4.69, 9.17) is 37.9 Å². The molecular formula is C47H77N3O12. The minimum atomic E-state index is -1.35. The first-order chi connectivity index (χ1) is 29.0. The van der Waals surface area contributed by atoms with Gasteiger partial charge in [0.25, 0.3) is 0 Å².